The van der Waals surface area contributed by atoms with Crippen LogP contribution in [0.25, 0.3) is 0 Å². The van der Waals surface area contributed by atoms with Crippen LogP contribution in [0.2, 0.25) is 0 Å². The van der Waals surface area contributed by atoms with Crippen LogP contribution in [0.4, 0.5) is 0 Å². The lowest BCUT2D eigenvalue weighted by atomic mass is 10.1. The van der Waals surface area contributed by atoms with E-state index in [1.54, 1.807) is 11.3 Å². The molecule has 0 aliphatic heterocycles. The zero-order valence-electron chi connectivity index (χ0n) is 9.47. The molecule has 2 rings (SSSR count). The van der Waals surface area contributed by atoms with Gasteiger partial charge in [-0.1, -0.05) is 30.3 Å². The Bertz CT molecular complexity index is 439. The highest BCUT2D eigenvalue weighted by atomic mass is 32.1. The summed E-state index contributed by atoms with van der Waals surface area (Å²) < 4.78 is 0. The maximum absolute atomic E-state index is 4.09. The molecule has 4 heteroatoms. The summed E-state index contributed by atoms with van der Waals surface area (Å²) in [4.78, 5) is 0. The molecule has 16 heavy (non-hydrogen) atoms. The number of nitrogens with one attached hydrogen (secondary N) is 1. The van der Waals surface area contributed by atoms with Crippen molar-refractivity contribution in [3.8, 4) is 0 Å². The van der Waals surface area contributed by atoms with Crippen molar-refractivity contribution >= 4 is 11.3 Å². The lowest BCUT2D eigenvalue weighted by Crippen LogP contribution is -2.17. The quantitative estimate of drug-likeness (QED) is 0.882. The Hall–Kier alpha value is -1.26. The van der Waals surface area contributed by atoms with Crippen molar-refractivity contribution < 1.29 is 0 Å². The Labute approximate surface area is 99.5 Å². The minimum absolute atomic E-state index is 0.338. The molecule has 0 radical (unpaired) electrons. The number of aryl methyl sites for hydroxylation is 1. The van der Waals surface area contributed by atoms with Gasteiger partial charge >= 0.3 is 0 Å². The van der Waals surface area contributed by atoms with Gasteiger partial charge < -0.3 is 5.32 Å². The first-order valence-electron chi connectivity index (χ1n) is 5.33. The largest absolute Gasteiger partial charge is 0.304 e. The van der Waals surface area contributed by atoms with Gasteiger partial charge in [0.1, 0.15) is 10.0 Å². The third kappa shape index (κ3) is 2.87. The zero-order chi connectivity index (χ0) is 11.4. The van der Waals surface area contributed by atoms with Gasteiger partial charge in [0.15, 0.2) is 0 Å². The lowest BCUT2D eigenvalue weighted by Gasteiger charge is -2.12. The zero-order valence-corrected chi connectivity index (χ0v) is 10.3. The van der Waals surface area contributed by atoms with E-state index in [0.29, 0.717) is 6.04 Å². The van der Waals surface area contributed by atoms with Gasteiger partial charge in [-0.2, -0.15) is 0 Å². The van der Waals surface area contributed by atoms with E-state index in [2.05, 4.69) is 46.7 Å². The molecule has 84 valence electrons. The summed E-state index contributed by atoms with van der Waals surface area (Å²) in [5, 5.41) is 13.6. The summed E-state index contributed by atoms with van der Waals surface area (Å²) in [5.41, 5.74) is 1.30. The number of hydrogen-bond donors (Lipinski definition) is 1. The average molecular weight is 233 g/mol. The molecule has 2 aromatic rings. The second-order valence-electron chi connectivity index (χ2n) is 3.73. The van der Waals surface area contributed by atoms with E-state index >= 15 is 0 Å². The minimum atomic E-state index is 0.338. The molecule has 0 fully saturated rings. The monoisotopic (exact) mass is 233 g/mol. The molecule has 0 aliphatic rings. The van der Waals surface area contributed by atoms with Crippen LogP contribution in [-0.4, -0.2) is 10.2 Å². The molecule has 0 spiro atoms. The SMILES string of the molecule is Cc1nnc(CNC(C)c2ccccc2)s1. The fourth-order valence-corrected chi connectivity index (χ4v) is 2.17. The highest BCUT2D eigenvalue weighted by Crippen LogP contribution is 2.13. The van der Waals surface area contributed by atoms with Crippen LogP contribution < -0.4 is 5.32 Å². The third-order valence-electron chi connectivity index (χ3n) is 2.43. The number of nitrogens with zero attached hydrogens (tertiary/aromatic N) is 2. The number of rotatable bonds is 4. The van der Waals surface area contributed by atoms with Crippen molar-refractivity contribution in [2.75, 3.05) is 0 Å². The first-order valence-corrected chi connectivity index (χ1v) is 6.14. The molecule has 0 bridgehead atoms. The Morgan fingerprint density at radius 3 is 2.62 bits per heavy atom. The summed E-state index contributed by atoms with van der Waals surface area (Å²) >= 11 is 1.64. The van der Waals surface area contributed by atoms with Crippen molar-refractivity contribution in [2.24, 2.45) is 0 Å². The van der Waals surface area contributed by atoms with Crippen LogP contribution in [0, 0.1) is 6.92 Å². The maximum Gasteiger partial charge on any atom is 0.131 e. The van der Waals surface area contributed by atoms with Gasteiger partial charge in [0.05, 0.1) is 6.54 Å². The second-order valence-corrected chi connectivity index (χ2v) is 4.99. The van der Waals surface area contributed by atoms with Crippen molar-refractivity contribution in [3.05, 3.63) is 45.9 Å². The predicted molar refractivity (Wildman–Crippen MR) is 66.3 cm³/mol. The number of hydrogen-bond acceptors (Lipinski definition) is 4. The first kappa shape index (κ1) is 11.2. The van der Waals surface area contributed by atoms with Gasteiger partial charge in [-0.3, -0.25) is 0 Å². The molecule has 0 aliphatic carbocycles. The Morgan fingerprint density at radius 2 is 2.00 bits per heavy atom. The van der Waals surface area contributed by atoms with Crippen LogP contribution in [0.3, 0.4) is 0 Å². The summed E-state index contributed by atoms with van der Waals surface area (Å²) in [6.45, 7) is 4.91. The fourth-order valence-electron chi connectivity index (χ4n) is 1.51. The Kier molecular flexibility index (Phi) is 3.64. The van der Waals surface area contributed by atoms with Gasteiger partial charge in [-0.15, -0.1) is 21.5 Å². The molecular formula is C12H15N3S. The molecule has 0 saturated heterocycles. The smallest absolute Gasteiger partial charge is 0.131 e. The third-order valence-corrected chi connectivity index (χ3v) is 3.27. The Balaban J connectivity index is 1.91. The maximum atomic E-state index is 4.09. The molecule has 1 aromatic heterocycles. The normalized spacial score (nSPS) is 12.6. The van der Waals surface area contributed by atoms with Crippen molar-refractivity contribution in [2.45, 2.75) is 26.4 Å². The van der Waals surface area contributed by atoms with Crippen LogP contribution in [0.1, 0.15) is 28.5 Å². The lowest BCUT2D eigenvalue weighted by molar-refractivity contribution is 0.571. The van der Waals surface area contributed by atoms with E-state index in [9.17, 15) is 0 Å². The van der Waals surface area contributed by atoms with E-state index in [1.165, 1.54) is 5.56 Å². The van der Waals surface area contributed by atoms with Crippen LogP contribution in [-0.2, 0) is 6.54 Å². The van der Waals surface area contributed by atoms with Gasteiger partial charge in [-0.25, -0.2) is 0 Å². The summed E-state index contributed by atoms with van der Waals surface area (Å²) in [7, 11) is 0. The standard InChI is InChI=1S/C12H15N3S/c1-9(11-6-4-3-5-7-11)13-8-12-15-14-10(2)16-12/h3-7,9,13H,8H2,1-2H3. The molecule has 1 heterocycles. The van der Waals surface area contributed by atoms with Crippen molar-refractivity contribution in [1.29, 1.82) is 0 Å². The van der Waals surface area contributed by atoms with Gasteiger partial charge in [0, 0.05) is 6.04 Å². The number of benzene rings is 1. The van der Waals surface area contributed by atoms with E-state index in [-0.39, 0.29) is 0 Å². The van der Waals surface area contributed by atoms with Gasteiger partial charge in [-0.05, 0) is 19.4 Å². The molecule has 1 atom stereocenters. The highest BCUT2D eigenvalue weighted by molar-refractivity contribution is 7.11. The van der Waals surface area contributed by atoms with Crippen molar-refractivity contribution in [1.82, 2.24) is 15.5 Å². The van der Waals surface area contributed by atoms with E-state index in [0.717, 1.165) is 16.6 Å². The summed E-state index contributed by atoms with van der Waals surface area (Å²) in [6.07, 6.45) is 0. The van der Waals surface area contributed by atoms with Gasteiger partial charge in [0.25, 0.3) is 0 Å². The first-order chi connectivity index (χ1) is 7.75. The summed E-state index contributed by atoms with van der Waals surface area (Å²) in [5.74, 6) is 0. The molecule has 1 N–H and O–H groups in total. The molecular weight excluding hydrogens is 218 g/mol. The fraction of sp³-hybridized carbons (Fsp3) is 0.333. The Morgan fingerprint density at radius 1 is 1.25 bits per heavy atom. The number of aromatic nitrogens is 2. The highest BCUT2D eigenvalue weighted by Gasteiger charge is 2.05. The van der Waals surface area contributed by atoms with Crippen molar-refractivity contribution in [3.63, 3.8) is 0 Å². The van der Waals surface area contributed by atoms with Crippen LogP contribution >= 0.6 is 11.3 Å². The van der Waals surface area contributed by atoms with E-state index in [4.69, 9.17) is 0 Å². The second kappa shape index (κ2) is 5.18. The molecule has 0 amide bonds. The minimum Gasteiger partial charge on any atom is -0.304 e. The topological polar surface area (TPSA) is 37.8 Å². The average Bonchev–Trinajstić information content (AvgIpc) is 2.73. The summed E-state index contributed by atoms with van der Waals surface area (Å²) in [6, 6.07) is 10.7. The molecule has 0 saturated carbocycles. The van der Waals surface area contributed by atoms with Crippen LogP contribution in [0.5, 0.6) is 0 Å². The molecule has 3 nitrogen and oxygen atoms in total. The van der Waals surface area contributed by atoms with Gasteiger partial charge in [0.2, 0.25) is 0 Å². The predicted octanol–water partition coefficient (Wildman–Crippen LogP) is 2.70. The van der Waals surface area contributed by atoms with E-state index < -0.39 is 0 Å². The molecule has 1 unspecified atom stereocenters. The van der Waals surface area contributed by atoms with E-state index in [1.807, 2.05) is 13.0 Å². The van der Waals surface area contributed by atoms with Crippen LogP contribution in [0.15, 0.2) is 30.3 Å². The molecule has 1 aromatic carbocycles.